The van der Waals surface area contributed by atoms with Crippen LogP contribution in [0.4, 0.5) is 0 Å². The highest BCUT2D eigenvalue weighted by Crippen LogP contribution is 2.34. The minimum absolute atomic E-state index is 0.0109. The van der Waals surface area contributed by atoms with Crippen LogP contribution in [0.25, 0.3) is 0 Å². The largest absolute Gasteiger partial charge is 0.490 e. The number of rotatable bonds is 5. The summed E-state index contributed by atoms with van der Waals surface area (Å²) >= 11 is 0. The molecule has 0 amide bonds. The minimum Gasteiger partial charge on any atom is -0.490 e. The van der Waals surface area contributed by atoms with Crippen molar-refractivity contribution in [2.75, 3.05) is 20.3 Å². The lowest BCUT2D eigenvalue weighted by molar-refractivity contribution is -0.143. The fraction of sp³-hybridized carbons (Fsp3) is 0.562. The van der Waals surface area contributed by atoms with Crippen LogP contribution in [0.1, 0.15) is 38.3 Å². The van der Waals surface area contributed by atoms with E-state index in [1.54, 1.807) is 0 Å². The summed E-state index contributed by atoms with van der Waals surface area (Å²) in [6.07, 6.45) is 1.44. The molecule has 1 heterocycles. The van der Waals surface area contributed by atoms with Crippen molar-refractivity contribution in [2.45, 2.75) is 38.8 Å². The monoisotopic (exact) mass is 293 g/mol. The third-order valence-electron chi connectivity index (χ3n) is 4.03. The summed E-state index contributed by atoms with van der Waals surface area (Å²) in [7, 11) is 1.84. The molecule has 0 fully saturated rings. The SMILES string of the molecule is CCC(C(=O)O)N(C)C(C)c1ccc2c(c1)OCCCO2. The lowest BCUT2D eigenvalue weighted by Crippen LogP contribution is -2.39. The number of hydrogen-bond donors (Lipinski definition) is 1. The van der Waals surface area contributed by atoms with Gasteiger partial charge in [-0.05, 0) is 38.1 Å². The van der Waals surface area contributed by atoms with E-state index in [-0.39, 0.29) is 6.04 Å². The van der Waals surface area contributed by atoms with E-state index in [1.807, 2.05) is 44.0 Å². The molecule has 1 aromatic carbocycles. The number of carboxylic acids is 1. The van der Waals surface area contributed by atoms with Crippen molar-refractivity contribution in [3.8, 4) is 11.5 Å². The molecule has 1 aliphatic heterocycles. The Balaban J connectivity index is 2.21. The molecule has 0 aromatic heterocycles. The van der Waals surface area contributed by atoms with E-state index in [9.17, 15) is 9.90 Å². The van der Waals surface area contributed by atoms with E-state index in [1.165, 1.54) is 0 Å². The molecule has 0 saturated carbocycles. The molecule has 0 radical (unpaired) electrons. The summed E-state index contributed by atoms with van der Waals surface area (Å²) in [6, 6.07) is 5.33. The van der Waals surface area contributed by atoms with Gasteiger partial charge < -0.3 is 14.6 Å². The number of ether oxygens (including phenoxy) is 2. The number of likely N-dealkylation sites (N-methyl/N-ethyl adjacent to an activating group) is 1. The molecule has 1 aromatic rings. The predicted octanol–water partition coefficient (Wildman–Crippen LogP) is 2.70. The Morgan fingerprint density at radius 2 is 2.00 bits per heavy atom. The maximum atomic E-state index is 11.3. The van der Waals surface area contributed by atoms with Gasteiger partial charge in [-0.3, -0.25) is 9.69 Å². The van der Waals surface area contributed by atoms with Crippen molar-refractivity contribution in [3.63, 3.8) is 0 Å². The molecule has 0 aliphatic carbocycles. The zero-order valence-electron chi connectivity index (χ0n) is 12.8. The Labute approximate surface area is 125 Å². The quantitative estimate of drug-likeness (QED) is 0.904. The lowest BCUT2D eigenvalue weighted by atomic mass is 10.0. The first-order valence-corrected chi connectivity index (χ1v) is 7.39. The van der Waals surface area contributed by atoms with Gasteiger partial charge in [0, 0.05) is 12.5 Å². The number of aliphatic carboxylic acids is 1. The molecule has 1 aliphatic rings. The third kappa shape index (κ3) is 3.47. The molecule has 5 nitrogen and oxygen atoms in total. The molecule has 2 atom stereocenters. The van der Waals surface area contributed by atoms with Crippen molar-refractivity contribution in [3.05, 3.63) is 23.8 Å². The van der Waals surface area contributed by atoms with E-state index in [2.05, 4.69) is 0 Å². The second-order valence-corrected chi connectivity index (χ2v) is 5.36. The van der Waals surface area contributed by atoms with E-state index in [0.29, 0.717) is 19.6 Å². The summed E-state index contributed by atoms with van der Waals surface area (Å²) in [5.74, 6) is 0.714. The number of benzene rings is 1. The van der Waals surface area contributed by atoms with Gasteiger partial charge in [-0.2, -0.15) is 0 Å². The molecule has 21 heavy (non-hydrogen) atoms. The second kappa shape index (κ2) is 6.80. The van der Waals surface area contributed by atoms with Crippen LogP contribution in [0, 0.1) is 0 Å². The molecule has 5 heteroatoms. The van der Waals surface area contributed by atoms with Crippen LogP contribution in [-0.4, -0.2) is 42.3 Å². The number of fused-ring (bicyclic) bond motifs is 1. The van der Waals surface area contributed by atoms with Crippen molar-refractivity contribution in [1.29, 1.82) is 0 Å². The molecule has 1 N–H and O–H groups in total. The summed E-state index contributed by atoms with van der Waals surface area (Å²) < 4.78 is 11.3. The van der Waals surface area contributed by atoms with Crippen LogP contribution >= 0.6 is 0 Å². The van der Waals surface area contributed by atoms with Crippen LogP contribution in [-0.2, 0) is 4.79 Å². The molecule has 116 valence electrons. The fourth-order valence-corrected chi connectivity index (χ4v) is 2.58. The first-order valence-electron chi connectivity index (χ1n) is 7.39. The Hall–Kier alpha value is -1.75. The number of nitrogens with zero attached hydrogens (tertiary/aromatic N) is 1. The topological polar surface area (TPSA) is 59.0 Å². The van der Waals surface area contributed by atoms with Gasteiger partial charge in [0.05, 0.1) is 13.2 Å². The maximum absolute atomic E-state index is 11.3. The standard InChI is InChI=1S/C16H23NO4/c1-4-13(16(18)19)17(3)11(2)12-6-7-14-15(10-12)21-9-5-8-20-14/h6-7,10-11,13H,4-5,8-9H2,1-3H3,(H,18,19). The molecule has 0 spiro atoms. The summed E-state index contributed by atoms with van der Waals surface area (Å²) in [5, 5.41) is 9.28. The van der Waals surface area contributed by atoms with Crippen LogP contribution in [0.3, 0.4) is 0 Å². The zero-order valence-corrected chi connectivity index (χ0v) is 12.8. The van der Waals surface area contributed by atoms with E-state index < -0.39 is 12.0 Å². The average molecular weight is 293 g/mol. The first kappa shape index (κ1) is 15.6. The van der Waals surface area contributed by atoms with Crippen molar-refractivity contribution in [2.24, 2.45) is 0 Å². The third-order valence-corrected chi connectivity index (χ3v) is 4.03. The molecule has 0 bridgehead atoms. The van der Waals surface area contributed by atoms with Gasteiger partial charge >= 0.3 is 5.97 Å². The van der Waals surface area contributed by atoms with Gasteiger partial charge in [-0.15, -0.1) is 0 Å². The minimum atomic E-state index is -0.791. The summed E-state index contributed by atoms with van der Waals surface area (Å²) in [5.41, 5.74) is 1.03. The second-order valence-electron chi connectivity index (χ2n) is 5.36. The predicted molar refractivity (Wildman–Crippen MR) is 79.9 cm³/mol. The van der Waals surface area contributed by atoms with Crippen LogP contribution in [0.5, 0.6) is 11.5 Å². The highest BCUT2D eigenvalue weighted by atomic mass is 16.5. The highest BCUT2D eigenvalue weighted by Gasteiger charge is 2.26. The zero-order chi connectivity index (χ0) is 15.4. The molecule has 0 saturated heterocycles. The summed E-state index contributed by atoms with van der Waals surface area (Å²) in [6.45, 7) is 5.20. The van der Waals surface area contributed by atoms with Crippen molar-refractivity contribution >= 4 is 5.97 Å². The van der Waals surface area contributed by atoms with Crippen LogP contribution < -0.4 is 9.47 Å². The van der Waals surface area contributed by atoms with Crippen LogP contribution in [0.15, 0.2) is 18.2 Å². The van der Waals surface area contributed by atoms with Gasteiger partial charge in [-0.1, -0.05) is 13.0 Å². The molecule has 2 unspecified atom stereocenters. The molecular formula is C16H23NO4. The van der Waals surface area contributed by atoms with E-state index in [4.69, 9.17) is 9.47 Å². The van der Waals surface area contributed by atoms with E-state index in [0.717, 1.165) is 23.5 Å². The Morgan fingerprint density at radius 1 is 1.33 bits per heavy atom. The van der Waals surface area contributed by atoms with Gasteiger partial charge in [0.1, 0.15) is 6.04 Å². The van der Waals surface area contributed by atoms with Gasteiger partial charge in [0.15, 0.2) is 11.5 Å². The van der Waals surface area contributed by atoms with Crippen molar-refractivity contribution < 1.29 is 19.4 Å². The number of carboxylic acid groups (broad SMARTS) is 1. The first-order chi connectivity index (χ1) is 10.0. The maximum Gasteiger partial charge on any atom is 0.320 e. The van der Waals surface area contributed by atoms with E-state index >= 15 is 0 Å². The van der Waals surface area contributed by atoms with Gasteiger partial charge in [0.25, 0.3) is 0 Å². The average Bonchev–Trinajstić information content (AvgIpc) is 2.71. The molecule has 2 rings (SSSR count). The summed E-state index contributed by atoms with van der Waals surface area (Å²) in [4.78, 5) is 13.2. The Morgan fingerprint density at radius 3 is 2.62 bits per heavy atom. The lowest BCUT2D eigenvalue weighted by Gasteiger charge is -2.30. The Kier molecular flexibility index (Phi) is 5.07. The van der Waals surface area contributed by atoms with Crippen LogP contribution in [0.2, 0.25) is 0 Å². The van der Waals surface area contributed by atoms with Gasteiger partial charge in [0.2, 0.25) is 0 Å². The fourth-order valence-electron chi connectivity index (χ4n) is 2.58. The number of carbonyl (C=O) groups is 1. The van der Waals surface area contributed by atoms with Crippen molar-refractivity contribution in [1.82, 2.24) is 4.90 Å². The Bertz CT molecular complexity index is 503. The number of hydrogen-bond acceptors (Lipinski definition) is 4. The normalized spacial score (nSPS) is 17.1. The molecular weight excluding hydrogens is 270 g/mol. The smallest absolute Gasteiger partial charge is 0.320 e. The van der Waals surface area contributed by atoms with Gasteiger partial charge in [-0.25, -0.2) is 0 Å². The highest BCUT2D eigenvalue weighted by molar-refractivity contribution is 5.73.